The Morgan fingerprint density at radius 1 is 1.19 bits per heavy atom. The van der Waals surface area contributed by atoms with Crippen LogP contribution < -0.4 is 10.6 Å². The molecule has 1 aliphatic rings. The lowest BCUT2D eigenvalue weighted by atomic mass is 10.0. The van der Waals surface area contributed by atoms with E-state index >= 15 is 0 Å². The van der Waals surface area contributed by atoms with Gasteiger partial charge in [-0.25, -0.2) is 8.78 Å². The van der Waals surface area contributed by atoms with Crippen molar-refractivity contribution >= 4 is 11.8 Å². The van der Waals surface area contributed by atoms with Crippen molar-refractivity contribution in [3.05, 3.63) is 35.4 Å². The molecule has 1 aromatic rings. The standard InChI is InChI=1S/C15H18F2N2O2/c1-18-15(21)13(10-6-7-11(16)12(17)8-10)19-14(20)9-4-2-3-5-9/h6-9,13H,2-5H2,1H3,(H,18,21)(H,19,20). The van der Waals surface area contributed by atoms with Gasteiger partial charge in [0.2, 0.25) is 11.8 Å². The Balaban J connectivity index is 2.19. The molecule has 0 bridgehead atoms. The summed E-state index contributed by atoms with van der Waals surface area (Å²) in [6.45, 7) is 0. The van der Waals surface area contributed by atoms with Gasteiger partial charge in [0.15, 0.2) is 11.6 Å². The molecule has 4 nitrogen and oxygen atoms in total. The van der Waals surface area contributed by atoms with E-state index < -0.39 is 23.6 Å². The maximum absolute atomic E-state index is 13.3. The lowest BCUT2D eigenvalue weighted by Gasteiger charge is -2.20. The van der Waals surface area contributed by atoms with Crippen molar-refractivity contribution in [2.75, 3.05) is 7.05 Å². The zero-order chi connectivity index (χ0) is 15.4. The van der Waals surface area contributed by atoms with Gasteiger partial charge in [0.05, 0.1) is 0 Å². The Labute approximate surface area is 121 Å². The maximum atomic E-state index is 13.3. The fourth-order valence-corrected chi connectivity index (χ4v) is 2.58. The number of carbonyl (C=O) groups is 2. The van der Waals surface area contributed by atoms with Gasteiger partial charge in [0.1, 0.15) is 6.04 Å². The van der Waals surface area contributed by atoms with Crippen LogP contribution in [0.1, 0.15) is 37.3 Å². The monoisotopic (exact) mass is 296 g/mol. The highest BCUT2D eigenvalue weighted by atomic mass is 19.2. The summed E-state index contributed by atoms with van der Waals surface area (Å²) < 4.78 is 26.3. The first-order valence-corrected chi connectivity index (χ1v) is 7.00. The molecular formula is C15H18F2N2O2. The van der Waals surface area contributed by atoms with Gasteiger partial charge < -0.3 is 10.6 Å². The normalized spacial score (nSPS) is 16.5. The highest BCUT2D eigenvalue weighted by molar-refractivity contribution is 5.89. The van der Waals surface area contributed by atoms with Gasteiger partial charge in [0.25, 0.3) is 0 Å². The van der Waals surface area contributed by atoms with Gasteiger partial charge in [-0.1, -0.05) is 18.9 Å². The molecule has 21 heavy (non-hydrogen) atoms. The fourth-order valence-electron chi connectivity index (χ4n) is 2.58. The van der Waals surface area contributed by atoms with Crippen LogP contribution in [-0.4, -0.2) is 18.9 Å². The third-order valence-electron chi connectivity index (χ3n) is 3.80. The van der Waals surface area contributed by atoms with Crippen LogP contribution in [0.15, 0.2) is 18.2 Å². The highest BCUT2D eigenvalue weighted by Gasteiger charge is 2.28. The molecule has 1 unspecified atom stereocenters. The van der Waals surface area contributed by atoms with E-state index in [9.17, 15) is 18.4 Å². The largest absolute Gasteiger partial charge is 0.357 e. The Kier molecular flexibility index (Phi) is 4.88. The number of amides is 2. The van der Waals surface area contributed by atoms with E-state index in [1.165, 1.54) is 13.1 Å². The van der Waals surface area contributed by atoms with Crippen LogP contribution >= 0.6 is 0 Å². The molecule has 1 fully saturated rings. The van der Waals surface area contributed by atoms with Crippen molar-refractivity contribution in [1.29, 1.82) is 0 Å². The molecule has 1 atom stereocenters. The minimum Gasteiger partial charge on any atom is -0.357 e. The SMILES string of the molecule is CNC(=O)C(NC(=O)C1CCCC1)c1ccc(F)c(F)c1. The van der Waals surface area contributed by atoms with E-state index in [4.69, 9.17) is 0 Å². The van der Waals surface area contributed by atoms with E-state index in [-0.39, 0.29) is 17.4 Å². The quantitative estimate of drug-likeness (QED) is 0.893. The zero-order valence-electron chi connectivity index (χ0n) is 11.8. The fraction of sp³-hybridized carbons (Fsp3) is 0.467. The van der Waals surface area contributed by atoms with Crippen LogP contribution in [0.3, 0.4) is 0 Å². The lowest BCUT2D eigenvalue weighted by molar-refractivity contribution is -0.131. The van der Waals surface area contributed by atoms with Crippen molar-refractivity contribution in [3.8, 4) is 0 Å². The topological polar surface area (TPSA) is 58.2 Å². The van der Waals surface area contributed by atoms with E-state index in [2.05, 4.69) is 10.6 Å². The van der Waals surface area contributed by atoms with Gasteiger partial charge in [-0.3, -0.25) is 9.59 Å². The maximum Gasteiger partial charge on any atom is 0.246 e. The molecule has 6 heteroatoms. The molecule has 0 spiro atoms. The molecule has 1 saturated carbocycles. The number of benzene rings is 1. The van der Waals surface area contributed by atoms with Crippen LogP contribution in [0.4, 0.5) is 8.78 Å². The third kappa shape index (κ3) is 3.56. The predicted octanol–water partition coefficient (Wildman–Crippen LogP) is 2.06. The number of nitrogens with one attached hydrogen (secondary N) is 2. The summed E-state index contributed by atoms with van der Waals surface area (Å²) >= 11 is 0. The van der Waals surface area contributed by atoms with E-state index in [0.717, 1.165) is 37.8 Å². The summed E-state index contributed by atoms with van der Waals surface area (Å²) in [6.07, 6.45) is 3.58. The van der Waals surface area contributed by atoms with Gasteiger partial charge in [-0.15, -0.1) is 0 Å². The molecular weight excluding hydrogens is 278 g/mol. The second-order valence-corrected chi connectivity index (χ2v) is 5.21. The molecule has 0 heterocycles. The first-order chi connectivity index (χ1) is 10.0. The Morgan fingerprint density at radius 2 is 1.86 bits per heavy atom. The van der Waals surface area contributed by atoms with E-state index in [0.29, 0.717) is 0 Å². The smallest absolute Gasteiger partial charge is 0.246 e. The summed E-state index contributed by atoms with van der Waals surface area (Å²) in [6, 6.07) is 2.16. The molecule has 114 valence electrons. The average molecular weight is 296 g/mol. The van der Waals surface area contributed by atoms with Crippen LogP contribution in [0.5, 0.6) is 0 Å². The third-order valence-corrected chi connectivity index (χ3v) is 3.80. The second kappa shape index (κ2) is 6.65. The summed E-state index contributed by atoms with van der Waals surface area (Å²) in [7, 11) is 1.43. The van der Waals surface area contributed by atoms with Crippen LogP contribution in [-0.2, 0) is 9.59 Å². The number of rotatable bonds is 4. The molecule has 0 radical (unpaired) electrons. The Hall–Kier alpha value is -1.98. The van der Waals surface area contributed by atoms with Crippen molar-refractivity contribution in [3.63, 3.8) is 0 Å². The van der Waals surface area contributed by atoms with Crippen LogP contribution in [0.25, 0.3) is 0 Å². The van der Waals surface area contributed by atoms with Crippen molar-refractivity contribution in [1.82, 2.24) is 10.6 Å². The van der Waals surface area contributed by atoms with Crippen molar-refractivity contribution < 1.29 is 18.4 Å². The molecule has 1 aromatic carbocycles. The number of hydrogen-bond donors (Lipinski definition) is 2. The van der Waals surface area contributed by atoms with E-state index in [1.54, 1.807) is 0 Å². The minimum absolute atomic E-state index is 0.109. The molecule has 0 aromatic heterocycles. The van der Waals surface area contributed by atoms with Gasteiger partial charge in [-0.05, 0) is 30.5 Å². The second-order valence-electron chi connectivity index (χ2n) is 5.21. The molecule has 0 aliphatic heterocycles. The summed E-state index contributed by atoms with van der Waals surface area (Å²) in [4.78, 5) is 24.1. The Morgan fingerprint density at radius 3 is 2.43 bits per heavy atom. The lowest BCUT2D eigenvalue weighted by Crippen LogP contribution is -2.41. The number of hydrogen-bond acceptors (Lipinski definition) is 2. The highest BCUT2D eigenvalue weighted by Crippen LogP contribution is 2.26. The molecule has 2 amide bonds. The van der Waals surface area contributed by atoms with E-state index in [1.807, 2.05) is 0 Å². The predicted molar refractivity (Wildman–Crippen MR) is 73.3 cm³/mol. The summed E-state index contributed by atoms with van der Waals surface area (Å²) in [5.74, 6) is -2.83. The van der Waals surface area contributed by atoms with Crippen molar-refractivity contribution in [2.45, 2.75) is 31.7 Å². The summed E-state index contributed by atoms with van der Waals surface area (Å²) in [5.41, 5.74) is 0.222. The molecule has 1 aliphatic carbocycles. The van der Waals surface area contributed by atoms with Gasteiger partial charge in [-0.2, -0.15) is 0 Å². The minimum atomic E-state index is -1.04. The van der Waals surface area contributed by atoms with Crippen LogP contribution in [0.2, 0.25) is 0 Å². The van der Waals surface area contributed by atoms with Gasteiger partial charge >= 0.3 is 0 Å². The van der Waals surface area contributed by atoms with Crippen molar-refractivity contribution in [2.24, 2.45) is 5.92 Å². The first kappa shape index (κ1) is 15.4. The first-order valence-electron chi connectivity index (χ1n) is 7.00. The number of carbonyl (C=O) groups excluding carboxylic acids is 2. The van der Waals surface area contributed by atoms with Crippen LogP contribution in [0, 0.1) is 17.6 Å². The molecule has 2 N–H and O–H groups in total. The average Bonchev–Trinajstić information content (AvgIpc) is 3.01. The zero-order valence-corrected chi connectivity index (χ0v) is 11.8. The Bertz CT molecular complexity index is 542. The summed E-state index contributed by atoms with van der Waals surface area (Å²) in [5, 5.41) is 5.06. The number of halogens is 2. The van der Waals surface area contributed by atoms with Gasteiger partial charge in [0, 0.05) is 13.0 Å². The molecule has 0 saturated heterocycles. The molecule has 2 rings (SSSR count). The number of likely N-dealkylation sites (N-methyl/N-ethyl adjacent to an activating group) is 1.